The molecule has 0 aliphatic rings. The van der Waals surface area contributed by atoms with Gasteiger partial charge in [0.05, 0.1) is 26.6 Å². The van der Waals surface area contributed by atoms with Crippen LogP contribution in [0.25, 0.3) is 27.2 Å². The van der Waals surface area contributed by atoms with Gasteiger partial charge in [0, 0.05) is 69.6 Å². The van der Waals surface area contributed by atoms with Gasteiger partial charge in [-0.2, -0.15) is 8.42 Å². The molecule has 0 saturated carbocycles. The largest absolute Gasteiger partial charge is 0.589 e. The molecule has 7 rings (SSSR count). The van der Waals surface area contributed by atoms with Crippen molar-refractivity contribution in [2.24, 2.45) is 15.3 Å². The monoisotopic (exact) mass is 832 g/mol. The molecule has 0 radical (unpaired) electrons. The number of benzene rings is 6. The van der Waals surface area contributed by atoms with E-state index in [4.69, 9.17) is 5.11 Å². The summed E-state index contributed by atoms with van der Waals surface area (Å²) in [6, 6.07) is 27.0. The van der Waals surface area contributed by atoms with Gasteiger partial charge in [0.15, 0.2) is 11.4 Å². The predicted molar refractivity (Wildman–Crippen MR) is 202 cm³/mol. The maximum absolute atomic E-state index is 12.5. The van der Waals surface area contributed by atoms with Gasteiger partial charge in [-0.1, -0.05) is 41.5 Å². The van der Waals surface area contributed by atoms with Gasteiger partial charge in [-0.3, -0.25) is 34.7 Å². The molecule has 0 amide bonds. The van der Waals surface area contributed by atoms with E-state index in [-0.39, 0.29) is 62.4 Å². The van der Waals surface area contributed by atoms with Gasteiger partial charge in [0.25, 0.3) is 27.1 Å². The number of aromatic nitrogens is 2. The SMILES string of the molecule is Cc1[nH]n(-c2ccccc2)c(=O)c1N=Nc1cc([N+](=O)[O-])ccc1O.O=[N+]([O-])c1ccc2c(N=[NH+]c3c([OH2+])ccc4ccccc34)c(O)cc(S(=O)(=O)O)c2c1.[Cr]. The average molecular weight is 833 g/mol. The Labute approximate surface area is 330 Å². The summed E-state index contributed by atoms with van der Waals surface area (Å²) in [6.07, 6.45) is 0. The molecule has 7 aromatic rings. The minimum atomic E-state index is -4.79. The van der Waals surface area contributed by atoms with Gasteiger partial charge in [-0.05, 0) is 48.7 Å². The van der Waals surface area contributed by atoms with Crippen LogP contribution in [0.5, 0.6) is 17.2 Å². The number of aromatic hydroxyl groups is 2. The molecule has 7 N–H and O–H groups in total. The number of phenols is 2. The van der Waals surface area contributed by atoms with Crippen LogP contribution in [0.15, 0.2) is 134 Å². The summed E-state index contributed by atoms with van der Waals surface area (Å²) in [5, 5.41) is 69.1. The van der Waals surface area contributed by atoms with Crippen molar-refractivity contribution in [3.8, 4) is 22.9 Å². The molecule has 0 aliphatic carbocycles. The number of aryl methyl sites for hydroxylation is 1. The summed E-state index contributed by atoms with van der Waals surface area (Å²) < 4.78 is 34.4. The maximum atomic E-state index is 12.5. The Balaban J connectivity index is 0.000000219. The molecule has 0 fully saturated rings. The van der Waals surface area contributed by atoms with E-state index in [0.29, 0.717) is 22.5 Å². The standard InChI is InChI=1S/C20H13N3O7S.C16H13N5O4.Cr/c24-16-8-5-11-3-1-2-4-13(11)19(16)21-22-20-14-7-6-12(23(26)27)9-15(14)18(10-17(20)25)31(28,29)30;1-10-15(16(23)20(19-10)11-5-3-2-4-6-11)18-17-13-9-12(21(24)25)7-8-14(13)22;/h1-10,24-25H,(H,28,29,30);2-9,19,22H,1H3;/p+2. The van der Waals surface area contributed by atoms with Gasteiger partial charge >= 0.3 is 11.4 Å². The van der Waals surface area contributed by atoms with E-state index in [1.807, 2.05) is 18.2 Å². The van der Waals surface area contributed by atoms with Crippen LogP contribution < -0.4 is 10.7 Å². The first kappa shape index (κ1) is 40.9. The molecule has 0 atom stereocenters. The fourth-order valence-electron chi connectivity index (χ4n) is 5.52. The van der Waals surface area contributed by atoms with Crippen molar-refractivity contribution >= 4 is 65.8 Å². The Morgan fingerprint density at radius 3 is 2.11 bits per heavy atom. The molecule has 1 aromatic heterocycles. The predicted octanol–water partition coefficient (Wildman–Crippen LogP) is 6.29. The fourth-order valence-corrected chi connectivity index (χ4v) is 6.23. The molecule has 6 aromatic carbocycles. The van der Waals surface area contributed by atoms with Crippen molar-refractivity contribution in [1.82, 2.24) is 9.78 Å². The number of non-ortho nitro benzene ring substituents is 2. The number of fused-ring (bicyclic) bond motifs is 2. The summed E-state index contributed by atoms with van der Waals surface area (Å²) in [4.78, 5) is 32.4. The molecule has 0 aliphatic heterocycles. The van der Waals surface area contributed by atoms with Gasteiger partial charge in [-0.15, -0.1) is 10.2 Å². The number of H-pyrrole nitrogens is 1. The summed E-state index contributed by atoms with van der Waals surface area (Å²) >= 11 is 0. The van der Waals surface area contributed by atoms with Gasteiger partial charge in [0.1, 0.15) is 22.1 Å². The number of nitrogens with zero attached hydrogens (tertiary/aromatic N) is 6. The topological polar surface area (TPSA) is 293 Å². The second-order valence-electron chi connectivity index (χ2n) is 11.8. The van der Waals surface area contributed by atoms with Crippen molar-refractivity contribution in [2.45, 2.75) is 11.8 Å². The molecule has 0 spiro atoms. The second kappa shape index (κ2) is 16.6. The van der Waals surface area contributed by atoms with Crippen LogP contribution in [0.1, 0.15) is 5.69 Å². The van der Waals surface area contributed by atoms with Crippen molar-refractivity contribution in [2.75, 3.05) is 0 Å². The van der Waals surface area contributed by atoms with Crippen LogP contribution in [0.4, 0.5) is 34.1 Å². The van der Waals surface area contributed by atoms with Crippen molar-refractivity contribution < 1.29 is 60.6 Å². The number of nitro groups is 2. The Kier molecular flexibility index (Phi) is 11.9. The molecule has 288 valence electrons. The smallest absolute Gasteiger partial charge is 0.331 e. The van der Waals surface area contributed by atoms with Crippen molar-refractivity contribution in [1.29, 1.82) is 0 Å². The first-order valence-corrected chi connectivity index (χ1v) is 17.5. The second-order valence-corrected chi connectivity index (χ2v) is 13.2. The molecular weight excluding hydrogens is 805 g/mol. The molecule has 57 heavy (non-hydrogen) atoms. The van der Waals surface area contributed by atoms with E-state index in [2.05, 4.69) is 25.6 Å². The minimum Gasteiger partial charge on any atom is -0.589 e. The van der Waals surface area contributed by atoms with E-state index in [1.54, 1.807) is 55.5 Å². The molecular formula is C36H28CrN8O11S+2. The molecule has 0 bridgehead atoms. The number of nitro benzene ring substituents is 2. The third kappa shape index (κ3) is 8.66. The number of phenolic OH excluding ortho intramolecular Hbond substituents is 2. The minimum absolute atomic E-state index is 0. The first-order chi connectivity index (χ1) is 26.6. The number of nitrogens with one attached hydrogen (secondary N) is 2. The van der Waals surface area contributed by atoms with Crippen molar-refractivity contribution in [3.05, 3.63) is 145 Å². The van der Waals surface area contributed by atoms with Crippen LogP contribution >= 0.6 is 0 Å². The van der Waals surface area contributed by atoms with Crippen LogP contribution in [0, 0.1) is 27.2 Å². The van der Waals surface area contributed by atoms with Crippen molar-refractivity contribution in [3.63, 3.8) is 0 Å². The van der Waals surface area contributed by atoms with E-state index < -0.39 is 41.9 Å². The number of rotatable bonds is 8. The third-order valence-corrected chi connectivity index (χ3v) is 9.11. The Morgan fingerprint density at radius 1 is 0.772 bits per heavy atom. The van der Waals surface area contributed by atoms with Gasteiger partial charge < -0.3 is 15.3 Å². The van der Waals surface area contributed by atoms with E-state index in [9.17, 15) is 48.2 Å². The molecule has 0 saturated heterocycles. The molecule has 1 heterocycles. The fraction of sp³-hybridized carbons (Fsp3) is 0.0278. The van der Waals surface area contributed by atoms with Crippen LogP contribution in [0.3, 0.4) is 0 Å². The zero-order valence-corrected chi connectivity index (χ0v) is 31.2. The van der Waals surface area contributed by atoms with Gasteiger partial charge in [0.2, 0.25) is 0 Å². The number of hydrogen-bond acceptors (Lipinski definition) is 12. The summed E-state index contributed by atoms with van der Waals surface area (Å²) in [6.45, 7) is 1.66. The summed E-state index contributed by atoms with van der Waals surface area (Å²) in [5.74, 6) is -0.712. The normalized spacial score (nSPS) is 11.4. The number of hydrogen-bond donors (Lipinski definition) is 5. The average Bonchev–Trinajstić information content (AvgIpc) is 3.46. The summed E-state index contributed by atoms with van der Waals surface area (Å²) in [5.41, 5.74) is 0.255. The van der Waals surface area contributed by atoms with Crippen LogP contribution in [-0.2, 0) is 27.5 Å². The number of aromatic amines is 1. The Bertz CT molecular complexity index is 2940. The van der Waals surface area contributed by atoms with Crippen LogP contribution in [-0.4, -0.2) is 47.9 Å². The Morgan fingerprint density at radius 2 is 1.42 bits per heavy atom. The van der Waals surface area contributed by atoms with E-state index in [0.717, 1.165) is 41.8 Å². The molecule has 21 heteroatoms. The number of para-hydroxylation sites is 1. The van der Waals surface area contributed by atoms with E-state index in [1.165, 1.54) is 10.7 Å². The number of azo groups is 2. The zero-order valence-electron chi connectivity index (χ0n) is 29.1. The third-order valence-electron chi connectivity index (χ3n) is 8.21. The molecule has 0 unspecified atom stereocenters. The van der Waals surface area contributed by atoms with E-state index >= 15 is 0 Å². The Hall–Kier alpha value is -7.31. The molecule has 19 nitrogen and oxygen atoms in total. The maximum Gasteiger partial charge on any atom is 0.331 e. The van der Waals surface area contributed by atoms with Crippen LogP contribution in [0.2, 0.25) is 0 Å². The zero-order chi connectivity index (χ0) is 40.3. The first-order valence-electron chi connectivity index (χ1n) is 16.0. The van der Waals surface area contributed by atoms with Gasteiger partial charge in [-0.25, -0.2) is 4.68 Å². The quantitative estimate of drug-likeness (QED) is 0.0375. The summed E-state index contributed by atoms with van der Waals surface area (Å²) in [7, 11) is -4.79.